The SMILES string of the molecule is CC[NH+](CC)CCNC(=O)c1ccc(NC(=O)c2c(C)nn(-c3ccc(F)cc3)c2Cl)cc1. The molecule has 0 aliphatic carbocycles. The minimum atomic E-state index is -0.426. The lowest BCUT2D eigenvalue weighted by Gasteiger charge is -2.15. The van der Waals surface area contributed by atoms with Gasteiger partial charge in [0.05, 0.1) is 37.6 Å². The number of amides is 2. The number of halogens is 2. The van der Waals surface area contributed by atoms with Crippen LogP contribution in [0.3, 0.4) is 0 Å². The zero-order valence-corrected chi connectivity index (χ0v) is 19.7. The number of hydrogen-bond acceptors (Lipinski definition) is 3. The second kappa shape index (κ2) is 11.1. The first kappa shape index (κ1) is 24.4. The number of aromatic nitrogens is 2. The maximum atomic E-state index is 13.2. The lowest BCUT2D eigenvalue weighted by atomic mass is 10.2. The van der Waals surface area contributed by atoms with E-state index in [9.17, 15) is 14.0 Å². The van der Waals surface area contributed by atoms with Gasteiger partial charge in [0.15, 0.2) is 0 Å². The van der Waals surface area contributed by atoms with Gasteiger partial charge in [-0.3, -0.25) is 9.59 Å². The number of anilines is 1. The van der Waals surface area contributed by atoms with E-state index in [1.807, 2.05) is 0 Å². The van der Waals surface area contributed by atoms with Crippen LogP contribution in [0.25, 0.3) is 5.69 Å². The summed E-state index contributed by atoms with van der Waals surface area (Å²) in [6, 6.07) is 12.3. The molecule has 0 aliphatic heterocycles. The molecular weight excluding hydrogens is 445 g/mol. The highest BCUT2D eigenvalue weighted by atomic mass is 35.5. The van der Waals surface area contributed by atoms with E-state index in [4.69, 9.17) is 11.6 Å². The van der Waals surface area contributed by atoms with Crippen LogP contribution in [-0.2, 0) is 0 Å². The van der Waals surface area contributed by atoms with E-state index < -0.39 is 5.91 Å². The first-order valence-electron chi connectivity index (χ1n) is 10.9. The van der Waals surface area contributed by atoms with Crippen LogP contribution >= 0.6 is 11.6 Å². The standard InChI is InChI=1S/C24H27ClFN5O2/c1-4-30(5-2)15-14-27-23(32)17-6-10-19(11-7-17)28-24(33)21-16(3)29-31(22(21)25)20-12-8-18(26)9-13-20/h6-13H,4-5,14-15H2,1-3H3,(H,27,32)(H,28,33)/p+1. The second-order valence-corrected chi connectivity index (χ2v) is 7.99. The maximum absolute atomic E-state index is 13.2. The summed E-state index contributed by atoms with van der Waals surface area (Å²) in [5.41, 5.74) is 2.24. The van der Waals surface area contributed by atoms with Crippen molar-refractivity contribution in [3.05, 3.63) is 76.3 Å². The van der Waals surface area contributed by atoms with E-state index in [1.54, 1.807) is 31.2 Å². The van der Waals surface area contributed by atoms with E-state index in [2.05, 4.69) is 29.6 Å². The summed E-state index contributed by atoms with van der Waals surface area (Å²) in [6.07, 6.45) is 0. The fraction of sp³-hybridized carbons (Fsp3) is 0.292. The van der Waals surface area contributed by atoms with E-state index >= 15 is 0 Å². The number of likely N-dealkylation sites (N-methyl/N-ethyl adjacent to an activating group) is 1. The Morgan fingerprint density at radius 1 is 1.03 bits per heavy atom. The fourth-order valence-electron chi connectivity index (χ4n) is 3.47. The van der Waals surface area contributed by atoms with E-state index in [1.165, 1.54) is 33.8 Å². The third-order valence-electron chi connectivity index (χ3n) is 5.47. The third-order valence-corrected chi connectivity index (χ3v) is 5.82. The highest BCUT2D eigenvalue weighted by Crippen LogP contribution is 2.25. The van der Waals surface area contributed by atoms with Crippen molar-refractivity contribution in [2.75, 3.05) is 31.5 Å². The molecule has 0 fully saturated rings. The molecule has 0 radical (unpaired) electrons. The number of aryl methyl sites for hydroxylation is 1. The quantitative estimate of drug-likeness (QED) is 0.448. The lowest BCUT2D eigenvalue weighted by Crippen LogP contribution is -3.12. The highest BCUT2D eigenvalue weighted by Gasteiger charge is 2.21. The molecule has 3 aromatic rings. The number of rotatable bonds is 9. The zero-order chi connectivity index (χ0) is 24.0. The minimum absolute atomic E-state index is 0.128. The molecule has 0 saturated carbocycles. The van der Waals surface area contributed by atoms with Crippen molar-refractivity contribution in [1.29, 1.82) is 0 Å². The molecule has 0 unspecified atom stereocenters. The second-order valence-electron chi connectivity index (χ2n) is 7.63. The van der Waals surface area contributed by atoms with Gasteiger partial charge < -0.3 is 15.5 Å². The molecule has 33 heavy (non-hydrogen) atoms. The first-order chi connectivity index (χ1) is 15.8. The van der Waals surface area contributed by atoms with Gasteiger partial charge in [-0.25, -0.2) is 9.07 Å². The van der Waals surface area contributed by atoms with Crippen molar-refractivity contribution in [2.45, 2.75) is 20.8 Å². The molecule has 3 rings (SSSR count). The van der Waals surface area contributed by atoms with Crippen LogP contribution in [0, 0.1) is 12.7 Å². The molecule has 3 N–H and O–H groups in total. The average molecular weight is 473 g/mol. The molecule has 9 heteroatoms. The Hall–Kier alpha value is -3.23. The summed E-state index contributed by atoms with van der Waals surface area (Å²) < 4.78 is 14.6. The van der Waals surface area contributed by atoms with Gasteiger partial charge >= 0.3 is 0 Å². The van der Waals surface area contributed by atoms with Crippen LogP contribution in [0.1, 0.15) is 40.3 Å². The summed E-state index contributed by atoms with van der Waals surface area (Å²) in [4.78, 5) is 26.6. The van der Waals surface area contributed by atoms with Crippen LogP contribution in [-0.4, -0.2) is 47.8 Å². The van der Waals surface area contributed by atoms with Crippen LogP contribution in [0.5, 0.6) is 0 Å². The highest BCUT2D eigenvalue weighted by molar-refractivity contribution is 6.34. The van der Waals surface area contributed by atoms with Crippen molar-refractivity contribution < 1.29 is 18.9 Å². The molecule has 1 heterocycles. The van der Waals surface area contributed by atoms with Crippen LogP contribution < -0.4 is 15.5 Å². The Labute approximate surface area is 197 Å². The molecule has 0 atom stereocenters. The number of carbonyl (C=O) groups excluding carboxylic acids is 2. The van der Waals surface area contributed by atoms with Gasteiger partial charge in [-0.1, -0.05) is 11.6 Å². The molecule has 0 spiro atoms. The van der Waals surface area contributed by atoms with Crippen molar-refractivity contribution in [3.63, 3.8) is 0 Å². The third kappa shape index (κ3) is 5.97. The topological polar surface area (TPSA) is 80.5 Å². The van der Waals surface area contributed by atoms with Crippen molar-refractivity contribution in [3.8, 4) is 5.69 Å². The minimum Gasteiger partial charge on any atom is -0.346 e. The van der Waals surface area contributed by atoms with Crippen molar-refractivity contribution in [2.24, 2.45) is 0 Å². The average Bonchev–Trinajstić information content (AvgIpc) is 3.11. The number of carbonyl (C=O) groups is 2. The normalized spacial score (nSPS) is 11.0. The van der Waals surface area contributed by atoms with Crippen LogP contribution in [0.2, 0.25) is 5.15 Å². The molecule has 1 aromatic heterocycles. The van der Waals surface area contributed by atoms with Gasteiger partial charge in [0.1, 0.15) is 16.5 Å². The molecule has 0 saturated heterocycles. The number of quaternary nitrogens is 1. The van der Waals surface area contributed by atoms with Crippen molar-refractivity contribution in [1.82, 2.24) is 15.1 Å². The molecular formula is C24H28ClFN5O2+. The van der Waals surface area contributed by atoms with Gasteiger partial charge in [0.2, 0.25) is 0 Å². The number of nitrogens with one attached hydrogen (secondary N) is 3. The Balaban J connectivity index is 1.65. The van der Waals surface area contributed by atoms with E-state index in [-0.39, 0.29) is 22.4 Å². The number of hydrogen-bond donors (Lipinski definition) is 3. The maximum Gasteiger partial charge on any atom is 0.260 e. The first-order valence-corrected chi connectivity index (χ1v) is 11.3. The number of benzene rings is 2. The summed E-state index contributed by atoms with van der Waals surface area (Å²) in [5, 5.41) is 10.1. The Morgan fingerprint density at radius 3 is 2.27 bits per heavy atom. The van der Waals surface area contributed by atoms with E-state index in [0.29, 0.717) is 29.2 Å². The Bertz CT molecular complexity index is 1110. The molecule has 2 aromatic carbocycles. The zero-order valence-electron chi connectivity index (χ0n) is 18.9. The van der Waals surface area contributed by atoms with Gasteiger partial charge in [-0.2, -0.15) is 5.10 Å². The smallest absolute Gasteiger partial charge is 0.260 e. The number of nitrogens with zero attached hydrogens (tertiary/aromatic N) is 2. The molecule has 2 amide bonds. The molecule has 7 nitrogen and oxygen atoms in total. The van der Waals surface area contributed by atoms with Gasteiger partial charge in [0, 0.05) is 11.3 Å². The Morgan fingerprint density at radius 2 is 1.67 bits per heavy atom. The van der Waals surface area contributed by atoms with E-state index in [0.717, 1.165) is 19.6 Å². The van der Waals surface area contributed by atoms with Gasteiger partial charge in [-0.15, -0.1) is 0 Å². The Kier molecular flexibility index (Phi) is 8.19. The van der Waals surface area contributed by atoms with Crippen LogP contribution in [0.4, 0.5) is 10.1 Å². The van der Waals surface area contributed by atoms with Gasteiger partial charge in [-0.05, 0) is 69.3 Å². The lowest BCUT2D eigenvalue weighted by molar-refractivity contribution is -0.895. The predicted molar refractivity (Wildman–Crippen MR) is 127 cm³/mol. The largest absolute Gasteiger partial charge is 0.346 e. The summed E-state index contributed by atoms with van der Waals surface area (Å²) in [7, 11) is 0. The summed E-state index contributed by atoms with van der Waals surface area (Å²) in [6.45, 7) is 9.43. The van der Waals surface area contributed by atoms with Gasteiger partial charge in [0.25, 0.3) is 11.8 Å². The predicted octanol–water partition coefficient (Wildman–Crippen LogP) is 2.88. The monoisotopic (exact) mass is 472 g/mol. The molecule has 0 aliphatic rings. The summed E-state index contributed by atoms with van der Waals surface area (Å²) >= 11 is 6.41. The fourth-order valence-corrected chi connectivity index (χ4v) is 3.83. The van der Waals surface area contributed by atoms with Crippen molar-refractivity contribution >= 4 is 29.1 Å². The molecule has 174 valence electrons. The summed E-state index contributed by atoms with van der Waals surface area (Å²) in [5.74, 6) is -0.956. The molecule has 0 bridgehead atoms. The van der Waals surface area contributed by atoms with Crippen LogP contribution in [0.15, 0.2) is 48.5 Å².